The van der Waals surface area contributed by atoms with E-state index in [4.69, 9.17) is 10.2 Å². The minimum atomic E-state index is 0.432. The van der Waals surface area contributed by atoms with Gasteiger partial charge in [-0.05, 0) is 18.2 Å². The summed E-state index contributed by atoms with van der Waals surface area (Å²) >= 11 is 0. The van der Waals surface area contributed by atoms with Crippen LogP contribution in [0.1, 0.15) is 5.69 Å². The molecule has 0 saturated heterocycles. The minimum Gasteiger partial charge on any atom is -0.423 e. The largest absolute Gasteiger partial charge is 0.423 e. The van der Waals surface area contributed by atoms with Crippen LogP contribution in [0.5, 0.6) is 0 Å². The third-order valence-electron chi connectivity index (χ3n) is 2.51. The molecule has 0 bridgehead atoms. The average molecular weight is 241 g/mol. The third-order valence-corrected chi connectivity index (χ3v) is 2.51. The SMILES string of the molecule is Nc1cccc2oc(NCc3ccncn3)nc12. The zero-order valence-electron chi connectivity index (χ0n) is 9.50. The van der Waals surface area contributed by atoms with Gasteiger partial charge in [0.25, 0.3) is 6.01 Å². The lowest BCUT2D eigenvalue weighted by molar-refractivity contribution is 0.613. The van der Waals surface area contributed by atoms with E-state index in [1.54, 1.807) is 12.3 Å². The second kappa shape index (κ2) is 4.33. The fourth-order valence-corrected chi connectivity index (χ4v) is 1.63. The van der Waals surface area contributed by atoms with Crippen molar-refractivity contribution in [3.63, 3.8) is 0 Å². The van der Waals surface area contributed by atoms with Gasteiger partial charge in [0.15, 0.2) is 5.58 Å². The molecule has 3 aromatic rings. The molecule has 1 aromatic carbocycles. The summed E-state index contributed by atoms with van der Waals surface area (Å²) in [6.07, 6.45) is 3.19. The van der Waals surface area contributed by atoms with Gasteiger partial charge in [0.2, 0.25) is 0 Å². The summed E-state index contributed by atoms with van der Waals surface area (Å²) in [6, 6.07) is 7.70. The number of nitrogens with zero attached hydrogens (tertiary/aromatic N) is 3. The molecule has 0 aliphatic heterocycles. The number of hydrogen-bond acceptors (Lipinski definition) is 6. The van der Waals surface area contributed by atoms with Crippen LogP contribution in [-0.2, 0) is 6.54 Å². The first kappa shape index (κ1) is 10.5. The molecule has 0 unspecified atom stereocenters. The highest BCUT2D eigenvalue weighted by molar-refractivity contribution is 5.86. The highest BCUT2D eigenvalue weighted by Gasteiger charge is 2.07. The van der Waals surface area contributed by atoms with Crippen LogP contribution in [-0.4, -0.2) is 15.0 Å². The molecule has 0 saturated carbocycles. The van der Waals surface area contributed by atoms with Gasteiger partial charge in [0.05, 0.1) is 17.9 Å². The molecular weight excluding hydrogens is 230 g/mol. The number of rotatable bonds is 3. The Bertz CT molecular complexity index is 665. The zero-order chi connectivity index (χ0) is 12.4. The summed E-state index contributed by atoms with van der Waals surface area (Å²) in [6.45, 7) is 0.523. The van der Waals surface area contributed by atoms with Crippen LogP contribution in [0.4, 0.5) is 11.7 Å². The molecular formula is C12H11N5O. The number of nitrogens with one attached hydrogen (secondary N) is 1. The molecule has 0 fully saturated rings. The Kier molecular flexibility index (Phi) is 2.53. The number of para-hydroxylation sites is 1. The zero-order valence-corrected chi connectivity index (χ0v) is 9.50. The highest BCUT2D eigenvalue weighted by atomic mass is 16.4. The molecule has 0 atom stereocenters. The molecule has 0 spiro atoms. The molecule has 0 amide bonds. The topological polar surface area (TPSA) is 89.9 Å². The summed E-state index contributed by atoms with van der Waals surface area (Å²) in [5, 5.41) is 3.05. The Morgan fingerprint density at radius 2 is 2.22 bits per heavy atom. The Balaban J connectivity index is 1.81. The lowest BCUT2D eigenvalue weighted by Crippen LogP contribution is -2.01. The quantitative estimate of drug-likeness (QED) is 0.680. The second-order valence-electron chi connectivity index (χ2n) is 3.77. The number of aromatic nitrogens is 3. The summed E-state index contributed by atoms with van der Waals surface area (Å²) in [5.41, 5.74) is 8.61. The van der Waals surface area contributed by atoms with Crippen molar-refractivity contribution < 1.29 is 4.42 Å². The van der Waals surface area contributed by atoms with Crippen LogP contribution in [0, 0.1) is 0 Å². The van der Waals surface area contributed by atoms with E-state index in [1.807, 2.05) is 18.2 Å². The van der Waals surface area contributed by atoms with Crippen molar-refractivity contribution in [1.29, 1.82) is 0 Å². The fraction of sp³-hybridized carbons (Fsp3) is 0.0833. The van der Waals surface area contributed by atoms with Crippen molar-refractivity contribution in [3.05, 3.63) is 42.5 Å². The van der Waals surface area contributed by atoms with Crippen molar-refractivity contribution in [2.75, 3.05) is 11.1 Å². The van der Waals surface area contributed by atoms with E-state index < -0.39 is 0 Å². The van der Waals surface area contributed by atoms with Gasteiger partial charge in [0, 0.05) is 6.20 Å². The Hall–Kier alpha value is -2.63. The van der Waals surface area contributed by atoms with E-state index in [-0.39, 0.29) is 0 Å². The average Bonchev–Trinajstić information content (AvgIpc) is 2.82. The normalized spacial score (nSPS) is 10.7. The van der Waals surface area contributed by atoms with Gasteiger partial charge in [-0.25, -0.2) is 9.97 Å². The van der Waals surface area contributed by atoms with Crippen LogP contribution in [0.15, 0.2) is 41.2 Å². The van der Waals surface area contributed by atoms with E-state index in [1.165, 1.54) is 6.33 Å². The number of hydrogen-bond donors (Lipinski definition) is 2. The summed E-state index contributed by atoms with van der Waals surface area (Å²) in [5.74, 6) is 0. The lowest BCUT2D eigenvalue weighted by atomic mass is 10.3. The maximum absolute atomic E-state index is 5.81. The van der Waals surface area contributed by atoms with Gasteiger partial charge < -0.3 is 15.5 Å². The molecule has 90 valence electrons. The maximum Gasteiger partial charge on any atom is 0.296 e. The van der Waals surface area contributed by atoms with E-state index in [0.717, 1.165) is 5.69 Å². The van der Waals surface area contributed by atoms with Crippen molar-refractivity contribution in [2.45, 2.75) is 6.54 Å². The van der Waals surface area contributed by atoms with E-state index >= 15 is 0 Å². The van der Waals surface area contributed by atoms with Crippen LogP contribution in [0.25, 0.3) is 11.1 Å². The number of nitrogens with two attached hydrogens (primary N) is 1. The standard InChI is InChI=1S/C12H11N5O/c13-9-2-1-3-10-11(9)17-12(18-10)15-6-8-4-5-14-7-16-8/h1-5,7H,6,13H2,(H,15,17). The van der Waals surface area contributed by atoms with Crippen molar-refractivity contribution >= 4 is 22.8 Å². The maximum atomic E-state index is 5.81. The van der Waals surface area contributed by atoms with Gasteiger partial charge in [-0.3, -0.25) is 0 Å². The number of oxazole rings is 1. The molecule has 0 radical (unpaired) electrons. The highest BCUT2D eigenvalue weighted by Crippen LogP contribution is 2.23. The fourth-order valence-electron chi connectivity index (χ4n) is 1.63. The number of benzene rings is 1. The van der Waals surface area contributed by atoms with Crippen molar-refractivity contribution in [3.8, 4) is 0 Å². The molecule has 2 aromatic heterocycles. The van der Waals surface area contributed by atoms with Gasteiger partial charge >= 0.3 is 0 Å². The second-order valence-corrected chi connectivity index (χ2v) is 3.77. The Morgan fingerprint density at radius 3 is 3.00 bits per heavy atom. The van der Waals surface area contributed by atoms with E-state index in [2.05, 4.69) is 20.3 Å². The van der Waals surface area contributed by atoms with E-state index in [0.29, 0.717) is 29.3 Å². The first-order valence-corrected chi connectivity index (χ1v) is 5.47. The van der Waals surface area contributed by atoms with Gasteiger partial charge in [-0.2, -0.15) is 4.98 Å². The summed E-state index contributed by atoms with van der Waals surface area (Å²) in [7, 11) is 0. The predicted octanol–water partition coefficient (Wildman–Crippen LogP) is 1.81. The lowest BCUT2D eigenvalue weighted by Gasteiger charge is -1.99. The Labute approximate surface area is 103 Å². The third kappa shape index (κ3) is 1.95. The molecule has 6 nitrogen and oxygen atoms in total. The van der Waals surface area contributed by atoms with Crippen molar-refractivity contribution in [1.82, 2.24) is 15.0 Å². The molecule has 3 N–H and O–H groups in total. The molecule has 3 rings (SSSR count). The summed E-state index contributed by atoms with van der Waals surface area (Å²) < 4.78 is 5.52. The Morgan fingerprint density at radius 1 is 1.28 bits per heavy atom. The van der Waals surface area contributed by atoms with Crippen LogP contribution >= 0.6 is 0 Å². The van der Waals surface area contributed by atoms with Gasteiger partial charge in [-0.15, -0.1) is 0 Å². The first-order chi connectivity index (χ1) is 8.83. The molecule has 6 heteroatoms. The van der Waals surface area contributed by atoms with Crippen LogP contribution < -0.4 is 11.1 Å². The van der Waals surface area contributed by atoms with Crippen LogP contribution in [0.2, 0.25) is 0 Å². The number of fused-ring (bicyclic) bond motifs is 1. The van der Waals surface area contributed by atoms with Gasteiger partial charge in [-0.1, -0.05) is 6.07 Å². The molecule has 0 aliphatic rings. The molecule has 2 heterocycles. The first-order valence-electron chi connectivity index (χ1n) is 5.47. The predicted molar refractivity (Wildman–Crippen MR) is 67.8 cm³/mol. The number of nitrogen functional groups attached to an aromatic ring is 1. The smallest absolute Gasteiger partial charge is 0.296 e. The summed E-state index contributed by atoms with van der Waals surface area (Å²) in [4.78, 5) is 12.2. The monoisotopic (exact) mass is 241 g/mol. The van der Waals surface area contributed by atoms with Crippen molar-refractivity contribution in [2.24, 2.45) is 0 Å². The number of anilines is 2. The minimum absolute atomic E-state index is 0.432. The molecule has 18 heavy (non-hydrogen) atoms. The van der Waals surface area contributed by atoms with Crippen LogP contribution in [0.3, 0.4) is 0 Å². The van der Waals surface area contributed by atoms with E-state index in [9.17, 15) is 0 Å². The molecule has 0 aliphatic carbocycles. The van der Waals surface area contributed by atoms with Gasteiger partial charge in [0.1, 0.15) is 11.8 Å².